The van der Waals surface area contributed by atoms with Crippen LogP contribution in [0.4, 0.5) is 0 Å². The van der Waals surface area contributed by atoms with Crippen LogP contribution < -0.4 is 0 Å². The van der Waals surface area contributed by atoms with Crippen molar-refractivity contribution in [2.75, 3.05) is 6.61 Å². The Bertz CT molecular complexity index is 752. The van der Waals surface area contributed by atoms with Gasteiger partial charge in [0.1, 0.15) is 0 Å². The zero-order valence-corrected chi connectivity index (χ0v) is 15.3. The third-order valence-corrected chi connectivity index (χ3v) is 6.19. The summed E-state index contributed by atoms with van der Waals surface area (Å²) in [5, 5.41) is 0.851. The van der Waals surface area contributed by atoms with Gasteiger partial charge in [0.2, 0.25) is 0 Å². The summed E-state index contributed by atoms with van der Waals surface area (Å²) in [5.74, 6) is 1.15. The average molecular weight is 349 g/mol. The van der Waals surface area contributed by atoms with Crippen LogP contribution in [0.3, 0.4) is 0 Å². The average Bonchev–Trinajstić information content (AvgIpc) is 3.13. The van der Waals surface area contributed by atoms with Gasteiger partial charge in [-0.15, -0.1) is 0 Å². The monoisotopic (exact) mass is 348 g/mol. The highest BCUT2D eigenvalue weighted by atomic mass is 32.1. The van der Waals surface area contributed by atoms with Crippen LogP contribution in [-0.4, -0.2) is 11.7 Å². The summed E-state index contributed by atoms with van der Waals surface area (Å²) in [6, 6.07) is 21.4. The van der Waals surface area contributed by atoms with E-state index < -0.39 is 0 Å². The van der Waals surface area contributed by atoms with E-state index in [-0.39, 0.29) is 5.41 Å². The van der Waals surface area contributed by atoms with E-state index in [1.165, 1.54) is 24.0 Å². The summed E-state index contributed by atoms with van der Waals surface area (Å²) in [6.45, 7) is 0.793. The predicted molar refractivity (Wildman–Crippen MR) is 107 cm³/mol. The van der Waals surface area contributed by atoms with E-state index in [4.69, 9.17) is 17.0 Å². The van der Waals surface area contributed by atoms with Gasteiger partial charge in [-0.1, -0.05) is 72.8 Å². The molecule has 0 bridgehead atoms. The second kappa shape index (κ2) is 7.13. The van der Waals surface area contributed by atoms with Gasteiger partial charge < -0.3 is 4.74 Å². The maximum absolute atomic E-state index is 5.82. The molecule has 0 radical (unpaired) electrons. The van der Waals surface area contributed by atoms with Crippen LogP contribution in [0, 0.1) is 17.3 Å². The van der Waals surface area contributed by atoms with Gasteiger partial charge in [0.05, 0.1) is 6.61 Å². The Morgan fingerprint density at radius 1 is 1.04 bits per heavy atom. The van der Waals surface area contributed by atoms with Crippen LogP contribution in [0.5, 0.6) is 0 Å². The third kappa shape index (κ3) is 3.55. The number of rotatable bonds is 5. The lowest BCUT2D eigenvalue weighted by molar-refractivity contribution is 0.185. The van der Waals surface area contributed by atoms with E-state index in [9.17, 15) is 0 Å². The van der Waals surface area contributed by atoms with Crippen molar-refractivity contribution in [1.82, 2.24) is 0 Å². The van der Waals surface area contributed by atoms with Crippen molar-refractivity contribution >= 4 is 23.3 Å². The van der Waals surface area contributed by atoms with E-state index in [0.29, 0.717) is 11.8 Å². The maximum atomic E-state index is 5.82. The smallest absolute Gasteiger partial charge is 0.163 e. The first-order valence-electron chi connectivity index (χ1n) is 9.17. The number of allylic oxidation sites excluding steroid dienone is 1. The molecule has 0 N–H and O–H groups in total. The van der Waals surface area contributed by atoms with Crippen LogP contribution in [0.15, 0.2) is 66.7 Å². The van der Waals surface area contributed by atoms with E-state index in [0.717, 1.165) is 24.5 Å². The summed E-state index contributed by atoms with van der Waals surface area (Å²) in [6.07, 6.45) is 9.16. The molecule has 2 aliphatic rings. The number of hydrogen-bond acceptors (Lipinski definition) is 2. The molecule has 4 rings (SSSR count). The minimum Gasteiger partial charge on any atom is -0.486 e. The first-order chi connectivity index (χ1) is 12.3. The summed E-state index contributed by atoms with van der Waals surface area (Å²) in [4.78, 5) is 0. The molecule has 1 aliphatic carbocycles. The third-order valence-electron chi connectivity index (χ3n) is 5.79. The fourth-order valence-corrected chi connectivity index (χ4v) is 4.99. The Kier molecular flexibility index (Phi) is 4.72. The first-order valence-corrected chi connectivity index (χ1v) is 9.58. The van der Waals surface area contributed by atoms with Crippen molar-refractivity contribution in [2.45, 2.75) is 25.7 Å². The molecule has 1 saturated carbocycles. The molecule has 0 aromatic heterocycles. The molecule has 1 heterocycles. The molecular formula is C23H24OS. The SMILES string of the molecule is S=C1OC[C@@]2(C/C=C/c3ccccc3)CC(Cc3ccccc3)C[C@@H]12. The van der Waals surface area contributed by atoms with Gasteiger partial charge in [-0.2, -0.15) is 0 Å². The number of thiocarbonyl (C=S) groups is 1. The van der Waals surface area contributed by atoms with Crippen LogP contribution >= 0.6 is 12.2 Å². The molecule has 2 fully saturated rings. The number of ether oxygens (including phenoxy) is 1. The molecular weight excluding hydrogens is 324 g/mol. The first kappa shape index (κ1) is 16.5. The van der Waals surface area contributed by atoms with Gasteiger partial charge in [-0.25, -0.2) is 0 Å². The Morgan fingerprint density at radius 3 is 2.52 bits per heavy atom. The van der Waals surface area contributed by atoms with Crippen molar-refractivity contribution in [3.8, 4) is 0 Å². The van der Waals surface area contributed by atoms with Crippen molar-refractivity contribution in [2.24, 2.45) is 17.3 Å². The molecule has 1 aliphatic heterocycles. The molecule has 128 valence electrons. The van der Waals surface area contributed by atoms with Gasteiger partial charge >= 0.3 is 0 Å². The Balaban J connectivity index is 1.46. The van der Waals surface area contributed by atoms with Gasteiger partial charge in [-0.05, 0) is 54.9 Å². The number of hydrogen-bond donors (Lipinski definition) is 0. The largest absolute Gasteiger partial charge is 0.486 e. The Hall–Kier alpha value is -1.93. The van der Waals surface area contributed by atoms with E-state index >= 15 is 0 Å². The zero-order chi connectivity index (χ0) is 17.1. The van der Waals surface area contributed by atoms with Gasteiger partial charge in [0.15, 0.2) is 5.05 Å². The summed E-state index contributed by atoms with van der Waals surface area (Å²) >= 11 is 5.54. The number of benzene rings is 2. The highest BCUT2D eigenvalue weighted by Crippen LogP contribution is 2.54. The molecule has 1 saturated heterocycles. The highest BCUT2D eigenvalue weighted by Gasteiger charge is 2.53. The minimum absolute atomic E-state index is 0.210. The van der Waals surface area contributed by atoms with E-state index in [1.54, 1.807) is 0 Å². The Morgan fingerprint density at radius 2 is 1.76 bits per heavy atom. The molecule has 25 heavy (non-hydrogen) atoms. The van der Waals surface area contributed by atoms with E-state index in [1.807, 2.05) is 0 Å². The van der Waals surface area contributed by atoms with Crippen LogP contribution in [0.25, 0.3) is 6.08 Å². The number of fused-ring (bicyclic) bond motifs is 1. The highest BCUT2D eigenvalue weighted by molar-refractivity contribution is 7.80. The molecule has 1 nitrogen and oxygen atoms in total. The van der Waals surface area contributed by atoms with Gasteiger partial charge in [0, 0.05) is 11.3 Å². The summed E-state index contributed by atoms with van der Waals surface area (Å²) in [5.41, 5.74) is 2.91. The lowest BCUT2D eigenvalue weighted by atomic mass is 9.77. The standard InChI is InChI=1S/C23H24OS/c25-22-21-15-20(14-19-10-5-2-6-11-19)16-23(21,17-24-22)13-7-12-18-8-3-1-4-9-18/h1-12,20-21H,13-17H2/b12-7+/t20?,21-,23+/m0/s1. The van der Waals surface area contributed by atoms with Crippen molar-refractivity contribution in [3.05, 3.63) is 77.9 Å². The molecule has 1 unspecified atom stereocenters. The quantitative estimate of drug-likeness (QED) is 0.641. The molecule has 2 aromatic carbocycles. The van der Waals surface area contributed by atoms with Crippen LogP contribution in [0.2, 0.25) is 0 Å². The second-order valence-electron chi connectivity index (χ2n) is 7.54. The molecule has 3 atom stereocenters. The van der Waals surface area contributed by atoms with Crippen molar-refractivity contribution < 1.29 is 4.74 Å². The van der Waals surface area contributed by atoms with Gasteiger partial charge in [0.25, 0.3) is 0 Å². The second-order valence-corrected chi connectivity index (χ2v) is 7.94. The van der Waals surface area contributed by atoms with Crippen molar-refractivity contribution in [3.63, 3.8) is 0 Å². The normalized spacial score (nSPS) is 28.2. The van der Waals surface area contributed by atoms with E-state index in [2.05, 4.69) is 72.8 Å². The van der Waals surface area contributed by atoms with Crippen molar-refractivity contribution in [1.29, 1.82) is 0 Å². The molecule has 0 spiro atoms. The Labute approximate surface area is 155 Å². The van der Waals surface area contributed by atoms with Crippen LogP contribution in [0.1, 0.15) is 30.4 Å². The maximum Gasteiger partial charge on any atom is 0.163 e. The predicted octanol–water partition coefficient (Wildman–Crippen LogP) is 5.70. The summed E-state index contributed by atoms with van der Waals surface area (Å²) < 4.78 is 5.82. The fraction of sp³-hybridized carbons (Fsp3) is 0.348. The fourth-order valence-electron chi connectivity index (χ4n) is 4.59. The lowest BCUT2D eigenvalue weighted by Gasteiger charge is -2.24. The molecule has 2 heteroatoms. The van der Waals surface area contributed by atoms with Gasteiger partial charge in [-0.3, -0.25) is 0 Å². The molecule has 0 amide bonds. The lowest BCUT2D eigenvalue weighted by Crippen LogP contribution is -2.24. The molecule has 2 aromatic rings. The zero-order valence-electron chi connectivity index (χ0n) is 14.4. The summed E-state index contributed by atoms with van der Waals surface area (Å²) in [7, 11) is 0. The van der Waals surface area contributed by atoms with Crippen LogP contribution in [-0.2, 0) is 11.2 Å². The minimum atomic E-state index is 0.210. The topological polar surface area (TPSA) is 9.23 Å².